The predicted octanol–water partition coefficient (Wildman–Crippen LogP) is 5.23. The molecule has 0 heterocycles. The summed E-state index contributed by atoms with van der Waals surface area (Å²) in [5, 5.41) is 33.0. The first-order valence-corrected chi connectivity index (χ1v) is 30.8. The fourth-order valence-corrected chi connectivity index (χ4v) is 9.09. The zero-order valence-corrected chi connectivity index (χ0v) is 56.8. The largest absolute Gasteiger partial charge is 1.00 e. The predicted molar refractivity (Wildman–Crippen MR) is 305 cm³/mol. The smallest absolute Gasteiger partial charge is 0.550 e. The summed E-state index contributed by atoms with van der Waals surface area (Å²) in [7, 11) is 0. The third-order valence-electron chi connectivity index (χ3n) is 14.0. The molecule has 75 heavy (non-hydrogen) atoms. The average Bonchev–Trinajstić information content (AvgIpc) is 3.37. The van der Waals surface area contributed by atoms with Gasteiger partial charge in [-0.2, -0.15) is 0 Å². The second-order valence-electron chi connectivity index (χ2n) is 20.9. The van der Waals surface area contributed by atoms with Crippen LogP contribution in [0.25, 0.3) is 0 Å². The van der Waals surface area contributed by atoms with Gasteiger partial charge in [-0.1, -0.05) is 211 Å². The van der Waals surface area contributed by atoms with Crippen LogP contribution in [0.3, 0.4) is 0 Å². The molecule has 0 aliphatic rings. The van der Waals surface area contributed by atoms with E-state index in [4.69, 9.17) is 17.2 Å². The van der Waals surface area contributed by atoms with Crippen LogP contribution in [0.5, 0.6) is 0 Å². The van der Waals surface area contributed by atoms with E-state index in [2.05, 4.69) is 57.2 Å². The van der Waals surface area contributed by atoms with Gasteiger partial charge >= 0.3 is 88.7 Å². The van der Waals surface area contributed by atoms with Crippen LogP contribution in [-0.2, 0) is 14.4 Å². The van der Waals surface area contributed by atoms with Gasteiger partial charge in [0, 0.05) is 17.9 Å². The maximum Gasteiger partial charge on any atom is 1.00 e. The van der Waals surface area contributed by atoms with Crippen molar-refractivity contribution >= 4 is 17.9 Å². The van der Waals surface area contributed by atoms with Crippen molar-refractivity contribution in [2.75, 3.05) is 19.6 Å². The van der Waals surface area contributed by atoms with Crippen LogP contribution in [0.15, 0.2) is 36.5 Å². The van der Waals surface area contributed by atoms with Gasteiger partial charge in [0.2, 0.25) is 0 Å². The molecule has 6 N–H and O–H groups in total. The Morgan fingerprint density at radius 2 is 0.440 bits per heavy atom. The fourth-order valence-electron chi connectivity index (χ4n) is 9.09. The molecule has 0 spiro atoms. The topological polar surface area (TPSA) is 198 Å². The van der Waals surface area contributed by atoms with Crippen LogP contribution in [-0.4, -0.2) is 37.5 Å². The molecular formula is C63H120N3Na3O6. The van der Waals surface area contributed by atoms with Crippen molar-refractivity contribution in [3.8, 4) is 0 Å². The molecule has 0 aromatic heterocycles. The second kappa shape index (κ2) is 76.6. The fraction of sp³-hybridized carbons (Fsp3) is 0.857. The summed E-state index contributed by atoms with van der Waals surface area (Å²) in [6.07, 6.45) is 65.8. The van der Waals surface area contributed by atoms with Crippen molar-refractivity contribution in [3.05, 3.63) is 36.5 Å². The van der Waals surface area contributed by atoms with Crippen molar-refractivity contribution in [2.45, 2.75) is 310 Å². The molecule has 0 radical (unpaired) electrons. The van der Waals surface area contributed by atoms with Gasteiger partial charge in [0.05, 0.1) is 0 Å². The first-order valence-electron chi connectivity index (χ1n) is 30.8. The summed E-state index contributed by atoms with van der Waals surface area (Å²) in [6.45, 7) is 8.46. The molecule has 0 aromatic rings. The Kier molecular flexibility index (Phi) is 88.6. The minimum Gasteiger partial charge on any atom is -0.550 e. The number of hydrogen-bond acceptors (Lipinski definition) is 9. The normalized spacial score (nSPS) is 12.2. The van der Waals surface area contributed by atoms with Crippen LogP contribution >= 0.6 is 0 Å². The number of carbonyl (C=O) groups excluding carboxylic acids is 3. The molecule has 0 amide bonds. The van der Waals surface area contributed by atoms with E-state index in [1.54, 1.807) is 0 Å². The van der Waals surface area contributed by atoms with Gasteiger partial charge in [-0.25, -0.2) is 0 Å². The van der Waals surface area contributed by atoms with E-state index in [0.29, 0.717) is 38.9 Å². The molecule has 0 fully saturated rings. The molecule has 0 saturated carbocycles. The van der Waals surface area contributed by atoms with Crippen molar-refractivity contribution in [3.63, 3.8) is 0 Å². The number of nitrogens with two attached hydrogens (primary N) is 3. The summed E-state index contributed by atoms with van der Waals surface area (Å²) in [5.74, 6) is -3.61. The molecule has 3 atom stereocenters. The second-order valence-corrected chi connectivity index (χ2v) is 20.9. The first-order chi connectivity index (χ1) is 35.2. The number of carbonyl (C=O) groups is 3. The SMILES string of the molecule is CCCCCCCC/C=C\CCCCCCC(CCCN)C(=O)[O-].CCCCCCCC/C=C\CCCCCCC(CCCN)C(=O)[O-].CCCCCCCC/C=C\CCCCCCC(CCCN)C(=O)[O-].[Na+].[Na+].[Na+]. The molecule has 426 valence electrons. The van der Waals surface area contributed by atoms with E-state index in [1.807, 2.05) is 0 Å². The van der Waals surface area contributed by atoms with Crippen LogP contribution in [0.2, 0.25) is 0 Å². The van der Waals surface area contributed by atoms with Gasteiger partial charge in [-0.15, -0.1) is 0 Å². The summed E-state index contributed by atoms with van der Waals surface area (Å²) in [5.41, 5.74) is 16.3. The van der Waals surface area contributed by atoms with Crippen molar-refractivity contribution < 1.29 is 118 Å². The van der Waals surface area contributed by atoms with E-state index in [-0.39, 0.29) is 106 Å². The summed E-state index contributed by atoms with van der Waals surface area (Å²) < 4.78 is 0. The van der Waals surface area contributed by atoms with Gasteiger partial charge in [0.15, 0.2) is 0 Å². The van der Waals surface area contributed by atoms with Gasteiger partial charge in [0.25, 0.3) is 0 Å². The molecule has 12 heteroatoms. The number of carboxylic acid groups (broad SMARTS) is 3. The van der Waals surface area contributed by atoms with E-state index in [9.17, 15) is 29.7 Å². The van der Waals surface area contributed by atoms with E-state index in [1.165, 1.54) is 173 Å². The van der Waals surface area contributed by atoms with E-state index in [0.717, 1.165) is 96.3 Å². The van der Waals surface area contributed by atoms with Crippen LogP contribution in [0.4, 0.5) is 0 Å². The average molecular weight is 1080 g/mol. The molecule has 0 saturated heterocycles. The Labute approximate surface area is 531 Å². The van der Waals surface area contributed by atoms with Crippen molar-refractivity contribution in [2.24, 2.45) is 35.0 Å². The van der Waals surface area contributed by atoms with E-state index >= 15 is 0 Å². The number of allylic oxidation sites excluding steroid dienone is 6. The minimum atomic E-state index is -0.902. The molecule has 9 nitrogen and oxygen atoms in total. The Hall–Kier alpha value is 0.510. The Morgan fingerprint density at radius 3 is 0.613 bits per heavy atom. The number of rotatable bonds is 54. The Balaban J connectivity index is -0.000000233. The number of carboxylic acids is 3. The van der Waals surface area contributed by atoms with Crippen LogP contribution < -0.4 is 121 Å². The van der Waals surface area contributed by atoms with Crippen molar-refractivity contribution in [1.29, 1.82) is 0 Å². The summed E-state index contributed by atoms with van der Waals surface area (Å²) in [6, 6.07) is 0. The summed E-state index contributed by atoms with van der Waals surface area (Å²) in [4.78, 5) is 33.0. The van der Waals surface area contributed by atoms with Gasteiger partial charge < -0.3 is 46.9 Å². The van der Waals surface area contributed by atoms with Gasteiger partial charge in [0.1, 0.15) is 0 Å². The van der Waals surface area contributed by atoms with Gasteiger partial charge in [-0.3, -0.25) is 0 Å². The number of hydrogen-bond donors (Lipinski definition) is 3. The van der Waals surface area contributed by atoms with Crippen molar-refractivity contribution in [1.82, 2.24) is 0 Å². The third-order valence-corrected chi connectivity index (χ3v) is 14.0. The van der Waals surface area contributed by atoms with Gasteiger partial charge in [-0.05, 0) is 172 Å². The van der Waals surface area contributed by atoms with E-state index < -0.39 is 17.9 Å². The maximum atomic E-state index is 11.0. The minimum absolute atomic E-state index is 0. The third kappa shape index (κ3) is 74.5. The monoisotopic (exact) mass is 1080 g/mol. The zero-order chi connectivity index (χ0) is 53.6. The molecule has 0 aliphatic carbocycles. The molecule has 3 unspecified atom stereocenters. The quantitative estimate of drug-likeness (QED) is 0.0415. The molecule has 0 rings (SSSR count). The Morgan fingerprint density at radius 1 is 0.280 bits per heavy atom. The van der Waals surface area contributed by atoms with Crippen LogP contribution in [0.1, 0.15) is 310 Å². The molecule has 0 aliphatic heterocycles. The molecule has 0 aromatic carbocycles. The maximum absolute atomic E-state index is 11.0. The molecule has 0 bridgehead atoms. The van der Waals surface area contributed by atoms with Crippen LogP contribution in [0, 0.1) is 17.8 Å². The molecular weight excluding hydrogens is 964 g/mol. The standard InChI is InChI=1S/3C21H41NO2.3Na/c3*1-2-3-4-5-6-7-8-9-10-11-12-13-14-15-17-20(21(23)24)18-16-19-22;;;/h3*9-10,20H,2-8,11-19,22H2,1H3,(H,23,24);;;/q;;;3*+1/p-3/b3*10-9-;;;. The number of aliphatic carboxylic acids is 3. The Bertz CT molecular complexity index is 1070. The number of unbranched alkanes of at least 4 members (excludes halogenated alkanes) is 30. The zero-order valence-electron chi connectivity index (χ0n) is 50.8. The summed E-state index contributed by atoms with van der Waals surface area (Å²) >= 11 is 0. The first kappa shape index (κ1) is 86.8.